The van der Waals surface area contributed by atoms with E-state index in [0.29, 0.717) is 11.5 Å². The number of hydrogen-bond donors (Lipinski definition) is 0. The lowest BCUT2D eigenvalue weighted by Crippen LogP contribution is -2.22. The van der Waals surface area contributed by atoms with Gasteiger partial charge in [0.1, 0.15) is 0 Å². The minimum absolute atomic E-state index is 0.177. The number of hydrogen-bond acceptors (Lipinski definition) is 3. The van der Waals surface area contributed by atoms with Crippen molar-refractivity contribution in [3.63, 3.8) is 0 Å². The second-order valence-corrected chi connectivity index (χ2v) is 5.94. The van der Waals surface area contributed by atoms with Crippen LogP contribution in [0.5, 0.6) is 11.5 Å². The third-order valence-electron chi connectivity index (χ3n) is 4.58. The highest BCUT2D eigenvalue weighted by atomic mass is 16.5. The van der Waals surface area contributed by atoms with Crippen LogP contribution in [-0.4, -0.2) is 20.0 Å². The van der Waals surface area contributed by atoms with E-state index < -0.39 is 0 Å². The second-order valence-electron chi connectivity index (χ2n) is 5.94. The molecule has 0 saturated heterocycles. The van der Waals surface area contributed by atoms with Crippen LogP contribution in [0.15, 0.2) is 18.2 Å². The van der Waals surface area contributed by atoms with Crippen molar-refractivity contribution in [2.45, 2.75) is 45.4 Å². The summed E-state index contributed by atoms with van der Waals surface area (Å²) in [5.74, 6) is 2.55. The Kier molecular flexibility index (Phi) is 5.66. The Morgan fingerprint density at radius 3 is 2.33 bits per heavy atom. The average molecular weight is 290 g/mol. The molecular weight excluding hydrogens is 264 g/mol. The number of benzene rings is 1. The van der Waals surface area contributed by atoms with E-state index in [0.717, 1.165) is 24.3 Å². The zero-order valence-corrected chi connectivity index (χ0v) is 13.4. The summed E-state index contributed by atoms with van der Waals surface area (Å²) in [4.78, 5) is 12.6. The van der Waals surface area contributed by atoms with E-state index in [1.165, 1.54) is 25.7 Å². The summed E-state index contributed by atoms with van der Waals surface area (Å²) in [6, 6.07) is 5.47. The molecule has 0 unspecified atom stereocenters. The van der Waals surface area contributed by atoms with Gasteiger partial charge in [-0.15, -0.1) is 0 Å². The van der Waals surface area contributed by atoms with Gasteiger partial charge in [-0.2, -0.15) is 0 Å². The van der Waals surface area contributed by atoms with Crippen LogP contribution in [0, 0.1) is 11.8 Å². The van der Waals surface area contributed by atoms with Gasteiger partial charge in [0, 0.05) is 11.5 Å². The highest BCUT2D eigenvalue weighted by Gasteiger charge is 2.27. The molecule has 1 fully saturated rings. The first-order valence-corrected chi connectivity index (χ1v) is 7.95. The monoisotopic (exact) mass is 290 g/mol. The molecule has 2 rings (SSSR count). The van der Waals surface area contributed by atoms with Crippen molar-refractivity contribution in [3.8, 4) is 11.5 Å². The van der Waals surface area contributed by atoms with Gasteiger partial charge in [0.15, 0.2) is 17.3 Å². The Morgan fingerprint density at radius 2 is 1.76 bits per heavy atom. The molecule has 3 nitrogen and oxygen atoms in total. The van der Waals surface area contributed by atoms with E-state index in [4.69, 9.17) is 9.47 Å². The van der Waals surface area contributed by atoms with Gasteiger partial charge in [-0.05, 0) is 49.8 Å². The number of rotatable bonds is 6. The van der Waals surface area contributed by atoms with Gasteiger partial charge in [-0.1, -0.05) is 19.8 Å². The first kappa shape index (κ1) is 15.9. The molecule has 1 aliphatic carbocycles. The van der Waals surface area contributed by atoms with Gasteiger partial charge < -0.3 is 9.47 Å². The fourth-order valence-electron chi connectivity index (χ4n) is 3.35. The zero-order valence-electron chi connectivity index (χ0n) is 13.4. The predicted octanol–water partition coefficient (Wildman–Crippen LogP) is 4.49. The Morgan fingerprint density at radius 1 is 1.10 bits per heavy atom. The van der Waals surface area contributed by atoms with Crippen LogP contribution in [0.1, 0.15) is 55.8 Å². The molecule has 0 heterocycles. The van der Waals surface area contributed by atoms with Crippen LogP contribution in [0.4, 0.5) is 0 Å². The molecule has 0 radical (unpaired) electrons. The fraction of sp³-hybridized carbons (Fsp3) is 0.611. The molecule has 1 aromatic carbocycles. The maximum absolute atomic E-state index is 12.6. The topological polar surface area (TPSA) is 35.5 Å². The Bertz CT molecular complexity index is 473. The first-order valence-electron chi connectivity index (χ1n) is 7.95. The molecule has 0 aliphatic heterocycles. The first-order chi connectivity index (χ1) is 10.2. The summed E-state index contributed by atoms with van der Waals surface area (Å²) >= 11 is 0. The normalized spacial score (nSPS) is 21.9. The van der Waals surface area contributed by atoms with Crippen molar-refractivity contribution in [2.75, 3.05) is 14.2 Å². The molecule has 1 aliphatic rings. The average Bonchev–Trinajstić information content (AvgIpc) is 2.54. The highest BCUT2D eigenvalue weighted by molar-refractivity contribution is 5.98. The molecule has 0 bridgehead atoms. The summed E-state index contributed by atoms with van der Waals surface area (Å²) in [6.07, 6.45) is 6.99. The summed E-state index contributed by atoms with van der Waals surface area (Å²) < 4.78 is 10.5. The molecule has 0 aromatic heterocycles. The number of carbonyl (C=O) groups is 1. The molecule has 1 saturated carbocycles. The molecule has 0 N–H and O–H groups in total. The van der Waals surface area contributed by atoms with Gasteiger partial charge in [-0.3, -0.25) is 4.79 Å². The minimum Gasteiger partial charge on any atom is -0.493 e. The van der Waals surface area contributed by atoms with Crippen LogP contribution < -0.4 is 9.47 Å². The summed E-state index contributed by atoms with van der Waals surface area (Å²) in [7, 11) is 3.20. The van der Waals surface area contributed by atoms with E-state index in [2.05, 4.69) is 6.92 Å². The second kappa shape index (κ2) is 7.48. The van der Waals surface area contributed by atoms with Gasteiger partial charge in [0.2, 0.25) is 0 Å². The van der Waals surface area contributed by atoms with Crippen molar-refractivity contribution in [1.29, 1.82) is 0 Å². The van der Waals surface area contributed by atoms with Gasteiger partial charge in [0.05, 0.1) is 14.2 Å². The number of ketones is 1. The van der Waals surface area contributed by atoms with Gasteiger partial charge >= 0.3 is 0 Å². The van der Waals surface area contributed by atoms with E-state index in [1.54, 1.807) is 20.3 Å². The van der Waals surface area contributed by atoms with E-state index in [9.17, 15) is 4.79 Å². The van der Waals surface area contributed by atoms with E-state index in [1.807, 2.05) is 12.1 Å². The van der Waals surface area contributed by atoms with E-state index in [-0.39, 0.29) is 11.7 Å². The van der Waals surface area contributed by atoms with Crippen molar-refractivity contribution in [3.05, 3.63) is 23.8 Å². The third kappa shape index (κ3) is 3.78. The highest BCUT2D eigenvalue weighted by Crippen LogP contribution is 2.35. The largest absolute Gasteiger partial charge is 0.493 e. The predicted molar refractivity (Wildman–Crippen MR) is 84.2 cm³/mol. The van der Waals surface area contributed by atoms with Gasteiger partial charge in [0.25, 0.3) is 0 Å². The molecule has 0 amide bonds. The summed E-state index contributed by atoms with van der Waals surface area (Å²) in [5, 5.41) is 0. The van der Waals surface area contributed by atoms with Crippen molar-refractivity contribution >= 4 is 5.78 Å². The number of Topliss-reactive ketones (excluding diaryl/α,β-unsaturated/α-hetero) is 1. The molecule has 21 heavy (non-hydrogen) atoms. The SMILES string of the molecule is CCCC1CCC(C(=O)c2ccc(OC)c(OC)c2)CC1. The molecule has 1 aromatic rings. The molecule has 0 spiro atoms. The number of methoxy groups -OCH3 is 2. The number of ether oxygens (including phenoxy) is 2. The third-order valence-corrected chi connectivity index (χ3v) is 4.58. The quantitative estimate of drug-likeness (QED) is 0.724. The van der Waals surface area contributed by atoms with Crippen LogP contribution >= 0.6 is 0 Å². The van der Waals surface area contributed by atoms with Crippen molar-refractivity contribution < 1.29 is 14.3 Å². The van der Waals surface area contributed by atoms with Crippen LogP contribution in [0.2, 0.25) is 0 Å². The van der Waals surface area contributed by atoms with Crippen molar-refractivity contribution in [2.24, 2.45) is 11.8 Å². The Labute approximate surface area is 127 Å². The molecule has 116 valence electrons. The van der Waals surface area contributed by atoms with Crippen molar-refractivity contribution in [1.82, 2.24) is 0 Å². The molecule has 0 atom stereocenters. The molecular formula is C18H26O3. The van der Waals surface area contributed by atoms with Crippen LogP contribution in [0.25, 0.3) is 0 Å². The van der Waals surface area contributed by atoms with Crippen LogP contribution in [0.3, 0.4) is 0 Å². The van der Waals surface area contributed by atoms with E-state index >= 15 is 0 Å². The minimum atomic E-state index is 0.177. The Balaban J connectivity index is 2.04. The number of carbonyl (C=O) groups excluding carboxylic acids is 1. The maximum Gasteiger partial charge on any atom is 0.166 e. The lowest BCUT2D eigenvalue weighted by atomic mass is 9.77. The summed E-state index contributed by atoms with van der Waals surface area (Å²) in [5.41, 5.74) is 0.742. The summed E-state index contributed by atoms with van der Waals surface area (Å²) in [6.45, 7) is 2.24. The van der Waals surface area contributed by atoms with Gasteiger partial charge in [-0.25, -0.2) is 0 Å². The maximum atomic E-state index is 12.6. The molecule has 3 heteroatoms. The van der Waals surface area contributed by atoms with Crippen LogP contribution in [-0.2, 0) is 0 Å². The zero-order chi connectivity index (χ0) is 15.2. The lowest BCUT2D eigenvalue weighted by molar-refractivity contribution is 0.0869. The lowest BCUT2D eigenvalue weighted by Gasteiger charge is -2.27. The Hall–Kier alpha value is -1.51. The fourth-order valence-corrected chi connectivity index (χ4v) is 3.35. The standard InChI is InChI=1S/C18H26O3/c1-4-5-13-6-8-14(9-7-13)18(19)15-10-11-16(20-2)17(12-15)21-3/h10-14H,4-9H2,1-3H3. The smallest absolute Gasteiger partial charge is 0.166 e.